The number of hydrogen-bond acceptors (Lipinski definition) is 8. The minimum Gasteiger partial charge on any atom is -0.506 e. The Kier molecular flexibility index (Phi) is 7.23. The molecule has 4 aliphatic heterocycles. The number of aliphatic hydroxyl groups is 1. The summed E-state index contributed by atoms with van der Waals surface area (Å²) in [5.74, 6) is -1.66. The van der Waals surface area contributed by atoms with Gasteiger partial charge in [0, 0.05) is 22.2 Å². The van der Waals surface area contributed by atoms with Gasteiger partial charge in [-0.05, 0) is 77.2 Å². The van der Waals surface area contributed by atoms with Gasteiger partial charge in [-0.25, -0.2) is 0 Å². The summed E-state index contributed by atoms with van der Waals surface area (Å²) in [6.07, 6.45) is 1.69. The van der Waals surface area contributed by atoms with E-state index in [1.54, 1.807) is 61.5 Å². The number of benzene rings is 4. The number of imide groups is 2. The maximum absolute atomic E-state index is 13.8. The zero-order valence-electron chi connectivity index (χ0n) is 30.9. The first kappa shape index (κ1) is 34.1. The van der Waals surface area contributed by atoms with E-state index in [0.717, 1.165) is 39.3 Å². The molecule has 0 saturated carbocycles. The third-order valence-electron chi connectivity index (χ3n) is 11.7. The molecule has 0 bridgehead atoms. The van der Waals surface area contributed by atoms with Crippen LogP contribution in [0.1, 0.15) is 98.3 Å². The molecular weight excluding hydrogens is 693 g/mol. The van der Waals surface area contributed by atoms with Crippen LogP contribution in [0.4, 0.5) is 11.4 Å². The number of carbonyl (C=O) groups is 5. The lowest BCUT2D eigenvalue weighted by Gasteiger charge is -2.28. The van der Waals surface area contributed by atoms with Crippen molar-refractivity contribution in [1.29, 1.82) is 0 Å². The number of Topliss-reactive ketones (excluding diaryl/α,β-unsaturated/α-hetero) is 1. The van der Waals surface area contributed by atoms with Gasteiger partial charge in [-0.15, -0.1) is 0 Å². The lowest BCUT2D eigenvalue weighted by Crippen LogP contribution is -2.32. The van der Waals surface area contributed by atoms with Crippen molar-refractivity contribution in [2.24, 2.45) is 4.99 Å². The summed E-state index contributed by atoms with van der Waals surface area (Å²) in [5, 5.41) is 14.8. The maximum Gasteiger partial charge on any atom is 0.261 e. The van der Waals surface area contributed by atoms with Gasteiger partial charge in [0.2, 0.25) is 5.78 Å². The average Bonchev–Trinajstić information content (AvgIpc) is 3.77. The molecule has 4 heterocycles. The lowest BCUT2D eigenvalue weighted by atomic mass is 9.74. The summed E-state index contributed by atoms with van der Waals surface area (Å²) in [7, 11) is 0. The molecule has 10 nitrogen and oxygen atoms in total. The molecule has 0 radical (unpaired) electrons. The third-order valence-corrected chi connectivity index (χ3v) is 11.7. The van der Waals surface area contributed by atoms with Crippen LogP contribution in [0.25, 0.3) is 0 Å². The fourth-order valence-electron chi connectivity index (χ4n) is 8.50. The van der Waals surface area contributed by atoms with Crippen LogP contribution in [0.3, 0.4) is 0 Å². The van der Waals surface area contributed by atoms with Crippen molar-refractivity contribution in [2.45, 2.75) is 58.5 Å². The van der Waals surface area contributed by atoms with Crippen LogP contribution in [-0.4, -0.2) is 50.0 Å². The van der Waals surface area contributed by atoms with E-state index in [2.05, 4.69) is 5.32 Å². The van der Waals surface area contributed by atoms with Crippen molar-refractivity contribution in [3.63, 3.8) is 0 Å². The topological polar surface area (TPSA) is 136 Å². The Morgan fingerprint density at radius 3 is 1.69 bits per heavy atom. The molecule has 0 atom stereocenters. The largest absolute Gasteiger partial charge is 0.506 e. The molecule has 0 unspecified atom stereocenters. The van der Waals surface area contributed by atoms with Crippen molar-refractivity contribution >= 4 is 46.5 Å². The Balaban J connectivity index is 0.947. The molecule has 9 rings (SSSR count). The van der Waals surface area contributed by atoms with E-state index in [9.17, 15) is 29.1 Å². The molecule has 2 N–H and O–H groups in total. The van der Waals surface area contributed by atoms with Crippen LogP contribution in [0, 0.1) is 0 Å². The molecule has 4 aromatic carbocycles. The number of hydrogen-bond donors (Lipinski definition) is 2. The van der Waals surface area contributed by atoms with Gasteiger partial charge in [0.25, 0.3) is 23.6 Å². The minimum atomic E-state index is -0.638. The molecule has 1 aliphatic carbocycles. The quantitative estimate of drug-likeness (QED) is 0.154. The SMILES string of the molecule is C/C(C1=Nc2ccc(CN3C(=O)c4ccccc4C3=O)cc2C1(C)C)=C1/C(=O)C(/C=C2\Nc3ccc(CN4C(=O)c5ccccc5C4=O)cc3C2(C)C)=C1O. The number of nitrogens with zero attached hydrogens (tertiary/aromatic N) is 3. The van der Waals surface area contributed by atoms with Crippen LogP contribution in [0.2, 0.25) is 0 Å². The number of carbonyl (C=O) groups excluding carboxylic acids is 5. The van der Waals surface area contributed by atoms with E-state index in [-0.39, 0.29) is 59.4 Å². The second kappa shape index (κ2) is 11.7. The summed E-state index contributed by atoms with van der Waals surface area (Å²) in [6.45, 7) is 10.1. The van der Waals surface area contributed by atoms with Gasteiger partial charge in [0.1, 0.15) is 5.76 Å². The average molecular weight is 729 g/mol. The smallest absolute Gasteiger partial charge is 0.261 e. The highest BCUT2D eigenvalue weighted by atomic mass is 16.3. The van der Waals surface area contributed by atoms with E-state index in [1.165, 1.54) is 9.80 Å². The molecule has 4 aromatic rings. The van der Waals surface area contributed by atoms with Gasteiger partial charge in [-0.2, -0.15) is 0 Å². The summed E-state index contributed by atoms with van der Waals surface area (Å²) in [5.41, 5.74) is 7.72. The monoisotopic (exact) mass is 728 g/mol. The first-order valence-corrected chi connectivity index (χ1v) is 18.1. The standard InChI is InChI=1S/C45H36N4O6/c1-23(39-45(4,5)32-19-25(15-17-34(32)47-39)22-49-42(54)28-12-8-9-13-29(28)43(49)55)36-37(50)30(38(36)51)20-35-44(2,3)31-18-24(14-16-33(31)46-35)21-48-40(52)26-10-6-7-11-27(26)41(48)53/h6-20,46,50H,21-22H2,1-5H3/b35-20-,36-23-. The summed E-state index contributed by atoms with van der Waals surface area (Å²) >= 11 is 0. The fraction of sp³-hybridized carbons (Fsp3) is 0.200. The fourth-order valence-corrected chi connectivity index (χ4v) is 8.50. The molecule has 0 aromatic heterocycles. The van der Waals surface area contributed by atoms with E-state index in [1.807, 2.05) is 64.1 Å². The molecule has 0 spiro atoms. The number of anilines is 1. The Hall–Kier alpha value is -6.68. The number of aliphatic hydroxyl groups excluding tert-OH is 1. The van der Waals surface area contributed by atoms with Gasteiger partial charge < -0.3 is 10.4 Å². The summed E-state index contributed by atoms with van der Waals surface area (Å²) < 4.78 is 0. The molecule has 4 amide bonds. The van der Waals surface area contributed by atoms with Gasteiger partial charge >= 0.3 is 0 Å². The Morgan fingerprint density at radius 2 is 1.18 bits per heavy atom. The number of ketones is 1. The minimum absolute atomic E-state index is 0.101. The van der Waals surface area contributed by atoms with Crippen LogP contribution in [0.5, 0.6) is 0 Å². The van der Waals surface area contributed by atoms with Crippen LogP contribution >= 0.6 is 0 Å². The molecule has 5 aliphatic rings. The van der Waals surface area contributed by atoms with E-state index in [0.29, 0.717) is 33.5 Å². The predicted octanol–water partition coefficient (Wildman–Crippen LogP) is 7.64. The summed E-state index contributed by atoms with van der Waals surface area (Å²) in [4.78, 5) is 73.3. The molecule has 0 saturated heterocycles. The number of nitrogens with one attached hydrogen (secondary N) is 1. The van der Waals surface area contributed by atoms with E-state index < -0.39 is 10.8 Å². The van der Waals surface area contributed by atoms with E-state index in [4.69, 9.17) is 4.99 Å². The Bertz CT molecular complexity index is 2590. The number of amides is 4. The Labute approximate surface area is 317 Å². The highest BCUT2D eigenvalue weighted by molar-refractivity contribution is 6.27. The normalized spacial score (nSPS) is 20.4. The highest BCUT2D eigenvalue weighted by Crippen LogP contribution is 2.48. The maximum atomic E-state index is 13.8. The molecule has 272 valence electrons. The van der Waals surface area contributed by atoms with Crippen LogP contribution in [0.15, 0.2) is 124 Å². The highest BCUT2D eigenvalue weighted by Gasteiger charge is 2.44. The zero-order valence-corrected chi connectivity index (χ0v) is 30.9. The third kappa shape index (κ3) is 4.87. The van der Waals surface area contributed by atoms with E-state index >= 15 is 0 Å². The van der Waals surface area contributed by atoms with Crippen molar-refractivity contribution in [3.05, 3.63) is 164 Å². The van der Waals surface area contributed by atoms with Gasteiger partial charge in [0.15, 0.2) is 0 Å². The van der Waals surface area contributed by atoms with Crippen molar-refractivity contribution in [1.82, 2.24) is 9.80 Å². The molecule has 55 heavy (non-hydrogen) atoms. The van der Waals surface area contributed by atoms with Crippen molar-refractivity contribution in [3.8, 4) is 0 Å². The van der Waals surface area contributed by atoms with Crippen molar-refractivity contribution < 1.29 is 29.1 Å². The van der Waals surface area contributed by atoms with Gasteiger partial charge in [-0.3, -0.25) is 38.8 Å². The second-order valence-corrected chi connectivity index (χ2v) is 15.7. The predicted molar refractivity (Wildman–Crippen MR) is 206 cm³/mol. The first-order chi connectivity index (χ1) is 26.2. The van der Waals surface area contributed by atoms with Crippen LogP contribution < -0.4 is 5.32 Å². The Morgan fingerprint density at radius 1 is 0.691 bits per heavy atom. The zero-order chi connectivity index (χ0) is 38.7. The first-order valence-electron chi connectivity index (χ1n) is 18.1. The number of rotatable bonds is 6. The molecule has 10 heteroatoms. The molecular formula is C45H36N4O6. The van der Waals surface area contributed by atoms with Gasteiger partial charge in [0.05, 0.1) is 57.9 Å². The number of fused-ring (bicyclic) bond motifs is 4. The van der Waals surface area contributed by atoms with Crippen molar-refractivity contribution in [2.75, 3.05) is 5.32 Å². The van der Waals surface area contributed by atoms with Crippen LogP contribution in [-0.2, 0) is 28.7 Å². The summed E-state index contributed by atoms with van der Waals surface area (Å²) in [6, 6.07) is 25.1. The number of aliphatic imine (C=N–C) groups is 1. The molecule has 0 fully saturated rings. The number of allylic oxidation sites excluding steroid dienone is 5. The lowest BCUT2D eigenvalue weighted by molar-refractivity contribution is -0.113. The van der Waals surface area contributed by atoms with Gasteiger partial charge in [-0.1, -0.05) is 76.2 Å². The second-order valence-electron chi connectivity index (χ2n) is 15.7.